The van der Waals surface area contributed by atoms with Crippen molar-refractivity contribution in [3.63, 3.8) is 0 Å². The maximum atomic E-state index is 12.7. The first kappa shape index (κ1) is 62.6. The largest absolute Gasteiger partial charge is 0.462 e. The number of esters is 3. The molecular weight excluding hydrogens is 805 g/mol. The summed E-state index contributed by atoms with van der Waals surface area (Å²) in [6.45, 7) is 6.57. The van der Waals surface area contributed by atoms with E-state index in [1.54, 1.807) is 0 Å². The summed E-state index contributed by atoms with van der Waals surface area (Å²) in [5.41, 5.74) is 0. The lowest BCUT2D eigenvalue weighted by atomic mass is 10.0. The molecule has 0 bridgehead atoms. The smallest absolute Gasteiger partial charge is 0.306 e. The average molecular weight is 914 g/mol. The molecular formula is C59H108O6. The summed E-state index contributed by atoms with van der Waals surface area (Å²) < 4.78 is 16.7. The number of carbonyl (C=O) groups excluding carboxylic acids is 3. The van der Waals surface area contributed by atoms with Crippen molar-refractivity contribution in [1.29, 1.82) is 0 Å². The number of hydrogen-bond donors (Lipinski definition) is 0. The molecule has 0 saturated carbocycles. The van der Waals surface area contributed by atoms with Crippen LogP contribution in [0.25, 0.3) is 0 Å². The first-order valence-corrected chi connectivity index (χ1v) is 28.5. The second kappa shape index (κ2) is 54.2. The summed E-state index contributed by atoms with van der Waals surface area (Å²) >= 11 is 0. The van der Waals surface area contributed by atoms with Gasteiger partial charge in [0, 0.05) is 19.3 Å². The van der Waals surface area contributed by atoms with Crippen LogP contribution in [0, 0.1) is 0 Å². The lowest BCUT2D eigenvalue weighted by Crippen LogP contribution is -2.30. The summed E-state index contributed by atoms with van der Waals surface area (Å²) in [4.78, 5) is 37.7. The van der Waals surface area contributed by atoms with E-state index in [1.807, 2.05) is 0 Å². The van der Waals surface area contributed by atoms with Crippen molar-refractivity contribution in [3.8, 4) is 0 Å². The number of carbonyl (C=O) groups is 3. The molecule has 0 aliphatic rings. The van der Waals surface area contributed by atoms with Crippen LogP contribution in [0.1, 0.15) is 303 Å². The third-order valence-electron chi connectivity index (χ3n) is 12.6. The van der Waals surface area contributed by atoms with Crippen LogP contribution in [-0.4, -0.2) is 37.2 Å². The van der Waals surface area contributed by atoms with Gasteiger partial charge in [0.1, 0.15) is 13.2 Å². The topological polar surface area (TPSA) is 78.9 Å². The molecule has 380 valence electrons. The highest BCUT2D eigenvalue weighted by Crippen LogP contribution is 2.16. The summed E-state index contributed by atoms with van der Waals surface area (Å²) in [5, 5.41) is 0. The summed E-state index contributed by atoms with van der Waals surface area (Å²) in [6, 6.07) is 0. The third kappa shape index (κ3) is 52.5. The minimum absolute atomic E-state index is 0.0686. The van der Waals surface area contributed by atoms with Crippen molar-refractivity contribution in [1.82, 2.24) is 0 Å². The van der Waals surface area contributed by atoms with Gasteiger partial charge in [-0.25, -0.2) is 0 Å². The molecule has 0 heterocycles. The number of ether oxygens (including phenoxy) is 3. The summed E-state index contributed by atoms with van der Waals surface area (Å²) in [5.74, 6) is -0.870. The normalized spacial score (nSPS) is 12.2. The van der Waals surface area contributed by atoms with Crippen LogP contribution in [0.15, 0.2) is 36.5 Å². The van der Waals surface area contributed by atoms with Gasteiger partial charge in [0.2, 0.25) is 0 Å². The molecule has 0 aliphatic heterocycles. The molecule has 0 fully saturated rings. The zero-order valence-electron chi connectivity index (χ0n) is 43.5. The lowest BCUT2D eigenvalue weighted by molar-refractivity contribution is -0.167. The monoisotopic (exact) mass is 913 g/mol. The Balaban J connectivity index is 3.96. The molecule has 0 N–H and O–H groups in total. The molecule has 1 atom stereocenters. The van der Waals surface area contributed by atoms with Crippen molar-refractivity contribution >= 4 is 17.9 Å². The molecule has 0 saturated heterocycles. The molecule has 0 amide bonds. The molecule has 0 radical (unpaired) electrons. The Bertz CT molecular complexity index is 1090. The Hall–Kier alpha value is -2.37. The van der Waals surface area contributed by atoms with Crippen molar-refractivity contribution in [3.05, 3.63) is 36.5 Å². The summed E-state index contributed by atoms with van der Waals surface area (Å²) in [7, 11) is 0. The first-order chi connectivity index (χ1) is 32.0. The van der Waals surface area contributed by atoms with E-state index < -0.39 is 6.10 Å². The predicted octanol–water partition coefficient (Wildman–Crippen LogP) is 18.9. The number of hydrogen-bond acceptors (Lipinski definition) is 6. The molecule has 6 nitrogen and oxygen atoms in total. The number of unbranched alkanes of at least 4 members (excludes halogenated alkanes) is 35. The molecule has 65 heavy (non-hydrogen) atoms. The Kier molecular flexibility index (Phi) is 52.3. The molecule has 0 aromatic heterocycles. The Labute approximate surface area is 404 Å². The van der Waals surface area contributed by atoms with Gasteiger partial charge in [-0.15, -0.1) is 0 Å². The number of allylic oxidation sites excluding steroid dienone is 6. The van der Waals surface area contributed by atoms with Crippen LogP contribution in [0.5, 0.6) is 0 Å². The van der Waals surface area contributed by atoms with E-state index in [1.165, 1.54) is 186 Å². The van der Waals surface area contributed by atoms with Crippen LogP contribution in [0.4, 0.5) is 0 Å². The fourth-order valence-corrected chi connectivity index (χ4v) is 8.33. The third-order valence-corrected chi connectivity index (χ3v) is 12.6. The van der Waals surface area contributed by atoms with Crippen LogP contribution in [-0.2, 0) is 28.6 Å². The second-order valence-electron chi connectivity index (χ2n) is 19.2. The van der Waals surface area contributed by atoms with Gasteiger partial charge in [-0.2, -0.15) is 0 Å². The van der Waals surface area contributed by atoms with Crippen molar-refractivity contribution in [2.24, 2.45) is 0 Å². The first-order valence-electron chi connectivity index (χ1n) is 28.5. The fourth-order valence-electron chi connectivity index (χ4n) is 8.33. The van der Waals surface area contributed by atoms with E-state index in [0.29, 0.717) is 19.3 Å². The van der Waals surface area contributed by atoms with Gasteiger partial charge < -0.3 is 14.2 Å². The molecule has 1 unspecified atom stereocenters. The molecule has 0 rings (SSSR count). The minimum Gasteiger partial charge on any atom is -0.462 e. The van der Waals surface area contributed by atoms with Gasteiger partial charge in [0.05, 0.1) is 0 Å². The predicted molar refractivity (Wildman–Crippen MR) is 279 cm³/mol. The van der Waals surface area contributed by atoms with E-state index in [9.17, 15) is 14.4 Å². The van der Waals surface area contributed by atoms with Gasteiger partial charge >= 0.3 is 17.9 Å². The van der Waals surface area contributed by atoms with Gasteiger partial charge in [-0.05, 0) is 57.8 Å². The van der Waals surface area contributed by atoms with E-state index in [4.69, 9.17) is 14.2 Å². The van der Waals surface area contributed by atoms with E-state index in [-0.39, 0.29) is 31.1 Å². The average Bonchev–Trinajstić information content (AvgIpc) is 3.30. The maximum Gasteiger partial charge on any atom is 0.306 e. The van der Waals surface area contributed by atoms with Crippen molar-refractivity contribution in [2.45, 2.75) is 309 Å². The fraction of sp³-hybridized carbons (Fsp3) is 0.847. The zero-order chi connectivity index (χ0) is 47.2. The van der Waals surface area contributed by atoms with Crippen LogP contribution in [0.3, 0.4) is 0 Å². The van der Waals surface area contributed by atoms with E-state index in [0.717, 1.165) is 77.0 Å². The van der Waals surface area contributed by atoms with E-state index >= 15 is 0 Å². The van der Waals surface area contributed by atoms with E-state index in [2.05, 4.69) is 57.2 Å². The summed E-state index contributed by atoms with van der Waals surface area (Å²) in [6.07, 6.45) is 64.8. The Morgan fingerprint density at radius 1 is 0.308 bits per heavy atom. The Morgan fingerprint density at radius 2 is 0.554 bits per heavy atom. The quantitative estimate of drug-likeness (QED) is 0.0262. The van der Waals surface area contributed by atoms with Gasteiger partial charge in [-0.3, -0.25) is 14.4 Å². The molecule has 0 spiro atoms. The van der Waals surface area contributed by atoms with Crippen LogP contribution >= 0.6 is 0 Å². The highest BCUT2D eigenvalue weighted by Gasteiger charge is 2.19. The molecule has 6 heteroatoms. The standard InChI is InChI=1S/C59H108O6/c1-4-7-10-13-15-17-19-21-22-23-24-25-26-27-28-29-30-31-32-33-34-35-36-38-39-41-43-46-49-52-58(61)64-55-56(54-63-57(60)51-48-45-12-9-6-3)65-59(62)53-50-47-44-42-40-37-20-18-16-14-11-8-5-2/h19,21,23-24,26-27,56H,4-18,20,22,25,28-55H2,1-3H3/b21-19-,24-23-,27-26-. The maximum absolute atomic E-state index is 12.7. The highest BCUT2D eigenvalue weighted by atomic mass is 16.6. The van der Waals surface area contributed by atoms with Crippen molar-refractivity contribution < 1.29 is 28.6 Å². The van der Waals surface area contributed by atoms with Crippen LogP contribution in [0.2, 0.25) is 0 Å². The van der Waals surface area contributed by atoms with Gasteiger partial charge in [0.25, 0.3) is 0 Å². The zero-order valence-corrected chi connectivity index (χ0v) is 43.5. The Morgan fingerprint density at radius 3 is 0.862 bits per heavy atom. The highest BCUT2D eigenvalue weighted by molar-refractivity contribution is 5.71. The molecule has 0 aromatic carbocycles. The lowest BCUT2D eigenvalue weighted by Gasteiger charge is -2.18. The second-order valence-corrected chi connectivity index (χ2v) is 19.2. The van der Waals surface area contributed by atoms with Gasteiger partial charge in [0.15, 0.2) is 6.10 Å². The van der Waals surface area contributed by atoms with Crippen LogP contribution < -0.4 is 0 Å². The number of rotatable bonds is 52. The molecule has 0 aliphatic carbocycles. The minimum atomic E-state index is -0.763. The van der Waals surface area contributed by atoms with Crippen molar-refractivity contribution in [2.75, 3.05) is 13.2 Å². The molecule has 0 aromatic rings. The SMILES string of the molecule is CCCCCCC/C=C\C/C=C\C/C=C\CCCCCCCCCCCCCCCCC(=O)OCC(COC(=O)CCCCCCC)OC(=O)CCCCCCCCCCCCCCC. The van der Waals surface area contributed by atoms with Gasteiger partial charge in [-0.1, -0.05) is 263 Å².